The van der Waals surface area contributed by atoms with Crippen LogP contribution in [0, 0.1) is 22.8 Å². The molecule has 0 saturated carbocycles. The van der Waals surface area contributed by atoms with Crippen LogP contribution in [-0.4, -0.2) is 15.9 Å². The third-order valence-corrected chi connectivity index (χ3v) is 4.79. The van der Waals surface area contributed by atoms with Crippen molar-refractivity contribution < 1.29 is 0 Å². The van der Waals surface area contributed by atoms with Crippen LogP contribution in [0.3, 0.4) is 0 Å². The van der Waals surface area contributed by atoms with Gasteiger partial charge in [-0.05, 0) is 22.0 Å². The second-order valence-corrected chi connectivity index (χ2v) is 6.89. The molecule has 0 aliphatic carbocycles. The zero-order valence-electron chi connectivity index (χ0n) is 14.2. The van der Waals surface area contributed by atoms with Crippen molar-refractivity contribution >= 4 is 50.1 Å². The summed E-state index contributed by atoms with van der Waals surface area (Å²) in [6.07, 6.45) is 3.52. The topological polar surface area (TPSA) is 162 Å². The van der Waals surface area contributed by atoms with E-state index >= 15 is 0 Å². The third kappa shape index (κ3) is 2.73. The lowest BCUT2D eigenvalue weighted by Crippen LogP contribution is -2.32. The maximum absolute atomic E-state index is 9.42. The Kier molecular flexibility index (Phi) is 4.18. The molecule has 0 spiro atoms. The summed E-state index contributed by atoms with van der Waals surface area (Å²) in [6.45, 7) is 0. The molecule has 0 amide bonds. The van der Waals surface area contributed by atoms with E-state index in [9.17, 15) is 5.26 Å². The molecule has 4 rings (SSSR count). The number of fused-ring (bicyclic) bond motifs is 2. The summed E-state index contributed by atoms with van der Waals surface area (Å²) in [5.74, 6) is 0.536. The van der Waals surface area contributed by atoms with E-state index in [0.29, 0.717) is 11.4 Å². The highest BCUT2D eigenvalue weighted by Crippen LogP contribution is 2.42. The summed E-state index contributed by atoms with van der Waals surface area (Å²) in [5.41, 5.74) is 14.4. The molecule has 0 radical (unpaired) electrons. The van der Waals surface area contributed by atoms with Crippen molar-refractivity contribution in [2.45, 2.75) is 6.04 Å². The van der Waals surface area contributed by atoms with Crippen LogP contribution in [0.5, 0.6) is 0 Å². The molecule has 28 heavy (non-hydrogen) atoms. The SMILES string of the molecule is N#CNC1=NC(c2cccc3cc(Br)cnc23)c2c(nc(N)c(C#N)c2N)N1. The number of para-hydroxylation sites is 1. The number of aromatic nitrogens is 2. The lowest BCUT2D eigenvalue weighted by molar-refractivity contribution is 0.851. The van der Waals surface area contributed by atoms with Crippen LogP contribution in [-0.2, 0) is 0 Å². The summed E-state index contributed by atoms with van der Waals surface area (Å²) in [7, 11) is 0. The molecule has 0 saturated heterocycles. The number of nitrogen functional groups attached to an aromatic ring is 2. The fraction of sp³-hybridized carbons (Fsp3) is 0.0556. The van der Waals surface area contributed by atoms with Gasteiger partial charge in [-0.2, -0.15) is 10.5 Å². The van der Waals surface area contributed by atoms with Gasteiger partial charge in [0.1, 0.15) is 29.3 Å². The van der Waals surface area contributed by atoms with Crippen LogP contribution >= 0.6 is 15.9 Å². The fourth-order valence-electron chi connectivity index (χ4n) is 3.18. The van der Waals surface area contributed by atoms with Gasteiger partial charge < -0.3 is 16.8 Å². The number of guanidine groups is 1. The zero-order valence-corrected chi connectivity index (χ0v) is 15.8. The Morgan fingerprint density at radius 1 is 1.25 bits per heavy atom. The van der Waals surface area contributed by atoms with Crippen molar-refractivity contribution in [3.63, 3.8) is 0 Å². The number of nitrogens with zero attached hydrogens (tertiary/aromatic N) is 5. The van der Waals surface area contributed by atoms with Gasteiger partial charge in [-0.25, -0.2) is 9.98 Å². The van der Waals surface area contributed by atoms with E-state index in [2.05, 4.69) is 41.5 Å². The molecular formula is C18H12BrN9. The highest BCUT2D eigenvalue weighted by molar-refractivity contribution is 9.10. The molecule has 1 aliphatic rings. The van der Waals surface area contributed by atoms with Crippen LogP contribution in [0.2, 0.25) is 0 Å². The highest BCUT2D eigenvalue weighted by Gasteiger charge is 2.30. The maximum atomic E-state index is 9.42. The number of aliphatic imine (C=N–C) groups is 1. The summed E-state index contributed by atoms with van der Waals surface area (Å²) in [4.78, 5) is 13.3. The predicted molar refractivity (Wildman–Crippen MR) is 109 cm³/mol. The molecule has 3 aromatic rings. The lowest BCUT2D eigenvalue weighted by Gasteiger charge is -2.26. The Bertz CT molecular complexity index is 1240. The molecule has 136 valence electrons. The van der Waals surface area contributed by atoms with E-state index in [1.54, 1.807) is 6.20 Å². The molecule has 9 nitrogen and oxygen atoms in total. The maximum Gasteiger partial charge on any atom is 0.211 e. The lowest BCUT2D eigenvalue weighted by atomic mass is 9.93. The second-order valence-electron chi connectivity index (χ2n) is 5.97. The Balaban J connectivity index is 2.02. The average Bonchev–Trinajstić information content (AvgIpc) is 2.67. The zero-order chi connectivity index (χ0) is 19.8. The number of anilines is 3. The van der Waals surface area contributed by atoms with E-state index in [1.807, 2.05) is 36.5 Å². The quantitative estimate of drug-likeness (QED) is 0.335. The molecule has 1 atom stereocenters. The summed E-state index contributed by atoms with van der Waals surface area (Å²) in [5, 5.41) is 24.7. The monoisotopic (exact) mass is 433 g/mol. The molecule has 1 unspecified atom stereocenters. The van der Waals surface area contributed by atoms with Crippen molar-refractivity contribution in [2.75, 3.05) is 16.8 Å². The standard InChI is InChI=1S/C18H12BrN9/c19-9-4-8-2-1-3-10(14(8)24-6-9)15-12-13(22)11(5-20)16(23)27-17(12)28-18(26-15)25-7-21/h1-4,6,15H,(H6,22,23,25,26,27,28). The molecule has 0 fully saturated rings. The molecule has 1 aliphatic heterocycles. The number of nitrogens with one attached hydrogen (secondary N) is 2. The fourth-order valence-corrected chi connectivity index (χ4v) is 3.53. The first-order valence-corrected chi connectivity index (χ1v) is 8.85. The van der Waals surface area contributed by atoms with E-state index in [1.165, 1.54) is 0 Å². The van der Waals surface area contributed by atoms with Gasteiger partial charge >= 0.3 is 0 Å². The minimum atomic E-state index is -0.635. The molecule has 0 bridgehead atoms. The minimum Gasteiger partial charge on any atom is -0.397 e. The first-order valence-electron chi connectivity index (χ1n) is 8.06. The highest BCUT2D eigenvalue weighted by atomic mass is 79.9. The van der Waals surface area contributed by atoms with Gasteiger partial charge in [0, 0.05) is 27.2 Å². The summed E-state index contributed by atoms with van der Waals surface area (Å²) in [6, 6.07) is 8.98. The van der Waals surface area contributed by atoms with Gasteiger partial charge in [0.2, 0.25) is 5.96 Å². The van der Waals surface area contributed by atoms with Crippen LogP contribution in [0.1, 0.15) is 22.7 Å². The van der Waals surface area contributed by atoms with Gasteiger partial charge in [0.25, 0.3) is 0 Å². The largest absolute Gasteiger partial charge is 0.397 e. The molecule has 2 aromatic heterocycles. The number of hydrogen-bond donors (Lipinski definition) is 4. The van der Waals surface area contributed by atoms with Crippen molar-refractivity contribution in [3.05, 3.63) is 51.6 Å². The van der Waals surface area contributed by atoms with Gasteiger partial charge in [-0.15, -0.1) is 0 Å². The normalized spacial score (nSPS) is 15.0. The first-order chi connectivity index (χ1) is 13.5. The predicted octanol–water partition coefficient (Wildman–Crippen LogP) is 2.37. The Morgan fingerprint density at radius 2 is 2.07 bits per heavy atom. The summed E-state index contributed by atoms with van der Waals surface area (Å²) >= 11 is 3.42. The van der Waals surface area contributed by atoms with E-state index in [-0.39, 0.29) is 23.0 Å². The average molecular weight is 434 g/mol. The van der Waals surface area contributed by atoms with Crippen LogP contribution < -0.4 is 22.1 Å². The second kappa shape index (κ2) is 6.68. The number of pyridine rings is 2. The minimum absolute atomic E-state index is 0.00295. The number of halogens is 1. The number of benzene rings is 1. The Labute approximate surface area is 167 Å². The van der Waals surface area contributed by atoms with Gasteiger partial charge in [-0.1, -0.05) is 18.2 Å². The van der Waals surface area contributed by atoms with Crippen LogP contribution in [0.15, 0.2) is 39.9 Å². The van der Waals surface area contributed by atoms with Crippen molar-refractivity contribution in [2.24, 2.45) is 4.99 Å². The first kappa shape index (κ1) is 17.5. The van der Waals surface area contributed by atoms with Crippen LogP contribution in [0.4, 0.5) is 17.3 Å². The van der Waals surface area contributed by atoms with Crippen molar-refractivity contribution in [3.8, 4) is 12.3 Å². The van der Waals surface area contributed by atoms with Gasteiger partial charge in [-0.3, -0.25) is 10.3 Å². The van der Waals surface area contributed by atoms with Gasteiger partial charge in [0.15, 0.2) is 6.19 Å². The molecule has 3 heterocycles. The van der Waals surface area contributed by atoms with Crippen LogP contribution in [0.25, 0.3) is 10.9 Å². The van der Waals surface area contributed by atoms with Crippen molar-refractivity contribution in [1.82, 2.24) is 15.3 Å². The summed E-state index contributed by atoms with van der Waals surface area (Å²) < 4.78 is 0.846. The van der Waals surface area contributed by atoms with Gasteiger partial charge in [0.05, 0.1) is 11.2 Å². The van der Waals surface area contributed by atoms with E-state index in [0.717, 1.165) is 20.9 Å². The smallest absolute Gasteiger partial charge is 0.211 e. The van der Waals surface area contributed by atoms with E-state index in [4.69, 9.17) is 16.7 Å². The Morgan fingerprint density at radius 3 is 2.82 bits per heavy atom. The molecular weight excluding hydrogens is 422 g/mol. The Hall–Kier alpha value is -3.89. The molecule has 1 aromatic carbocycles. The van der Waals surface area contributed by atoms with E-state index < -0.39 is 6.04 Å². The van der Waals surface area contributed by atoms with Crippen molar-refractivity contribution in [1.29, 1.82) is 10.5 Å². The third-order valence-electron chi connectivity index (χ3n) is 4.36. The number of rotatable bonds is 1. The molecule has 6 N–H and O–H groups in total. The molecule has 10 heteroatoms. The number of nitrogens with two attached hydrogens (primary N) is 2. The number of nitriles is 2. The number of hydrogen-bond acceptors (Lipinski definition) is 9.